The van der Waals surface area contributed by atoms with Crippen molar-refractivity contribution in [3.63, 3.8) is 0 Å². The molecule has 70 valence electrons. The Balaban J connectivity index is 2.82. The van der Waals surface area contributed by atoms with Gasteiger partial charge in [-0.3, -0.25) is 9.78 Å². The molecule has 4 N–H and O–H groups in total. The summed E-state index contributed by atoms with van der Waals surface area (Å²) >= 11 is 0. The molecule has 6 heteroatoms. The molecule has 0 aromatic carbocycles. The Hall–Kier alpha value is -1.69. The lowest BCUT2D eigenvalue weighted by Crippen LogP contribution is -2.24. The Morgan fingerprint density at radius 3 is 3.00 bits per heavy atom. The number of hydrogen-bond acceptors (Lipinski definition) is 5. The Morgan fingerprint density at radius 1 is 1.62 bits per heavy atom. The van der Waals surface area contributed by atoms with E-state index in [-0.39, 0.29) is 11.6 Å². The number of aromatic nitrogens is 2. The number of hydrazine groups is 1. The highest BCUT2D eigenvalue weighted by Crippen LogP contribution is 1.99. The summed E-state index contributed by atoms with van der Waals surface area (Å²) in [5.74, 6) is 5.22. The van der Waals surface area contributed by atoms with E-state index in [1.165, 1.54) is 12.4 Å². The second kappa shape index (κ2) is 4.36. The van der Waals surface area contributed by atoms with E-state index in [2.05, 4.69) is 20.7 Å². The first-order valence-corrected chi connectivity index (χ1v) is 3.84. The Morgan fingerprint density at radius 2 is 2.38 bits per heavy atom. The van der Waals surface area contributed by atoms with E-state index in [4.69, 9.17) is 5.84 Å². The minimum absolute atomic E-state index is 0.248. The quantitative estimate of drug-likeness (QED) is 0.432. The zero-order chi connectivity index (χ0) is 9.68. The first-order chi connectivity index (χ1) is 6.27. The molecule has 0 spiro atoms. The highest BCUT2D eigenvalue weighted by atomic mass is 16.1. The minimum Gasteiger partial charge on any atom is -0.351 e. The van der Waals surface area contributed by atoms with Crippen LogP contribution in [-0.4, -0.2) is 22.4 Å². The summed E-state index contributed by atoms with van der Waals surface area (Å²) in [4.78, 5) is 18.9. The van der Waals surface area contributed by atoms with E-state index in [0.717, 1.165) is 0 Å². The predicted octanol–water partition coefficient (Wildman–Crippen LogP) is -0.488. The summed E-state index contributed by atoms with van der Waals surface area (Å²) in [5.41, 5.74) is 2.56. The van der Waals surface area contributed by atoms with Crippen LogP contribution in [0.2, 0.25) is 0 Å². The van der Waals surface area contributed by atoms with Crippen molar-refractivity contribution in [1.82, 2.24) is 15.3 Å². The molecule has 1 rings (SSSR count). The normalized spacial score (nSPS) is 9.38. The van der Waals surface area contributed by atoms with Gasteiger partial charge in [0.05, 0.1) is 12.4 Å². The molecule has 1 aromatic rings. The van der Waals surface area contributed by atoms with Gasteiger partial charge in [-0.2, -0.15) is 0 Å². The van der Waals surface area contributed by atoms with E-state index in [1.807, 2.05) is 6.92 Å². The standard InChI is InChI=1S/C7H11N5O/c1-2-10-7(13)5-3-9-4-6(11-5)12-8/h3-4H,2,8H2,1H3,(H,10,13)(H,11,12). The van der Waals surface area contributed by atoms with Crippen LogP contribution in [-0.2, 0) is 0 Å². The number of carbonyl (C=O) groups excluding carboxylic acids is 1. The summed E-state index contributed by atoms with van der Waals surface area (Å²) < 4.78 is 0. The molecule has 1 aromatic heterocycles. The van der Waals surface area contributed by atoms with E-state index < -0.39 is 0 Å². The maximum atomic E-state index is 11.2. The maximum Gasteiger partial charge on any atom is 0.271 e. The number of nitrogen functional groups attached to an aromatic ring is 1. The molecule has 0 aliphatic carbocycles. The van der Waals surface area contributed by atoms with E-state index >= 15 is 0 Å². The summed E-state index contributed by atoms with van der Waals surface area (Å²) in [6.45, 7) is 2.39. The molecule has 0 bridgehead atoms. The number of rotatable bonds is 3. The summed E-state index contributed by atoms with van der Waals surface area (Å²) in [6.07, 6.45) is 2.81. The molecule has 0 fully saturated rings. The molecule has 13 heavy (non-hydrogen) atoms. The highest BCUT2D eigenvalue weighted by Gasteiger charge is 2.06. The highest BCUT2D eigenvalue weighted by molar-refractivity contribution is 5.92. The molecule has 0 aliphatic heterocycles. The lowest BCUT2D eigenvalue weighted by molar-refractivity contribution is 0.0950. The van der Waals surface area contributed by atoms with Crippen molar-refractivity contribution < 1.29 is 4.79 Å². The van der Waals surface area contributed by atoms with Crippen LogP contribution < -0.4 is 16.6 Å². The third-order valence-corrected chi connectivity index (χ3v) is 1.35. The number of anilines is 1. The zero-order valence-corrected chi connectivity index (χ0v) is 7.24. The van der Waals surface area contributed by atoms with Crippen LogP contribution in [0.25, 0.3) is 0 Å². The first kappa shape index (κ1) is 9.40. The van der Waals surface area contributed by atoms with Gasteiger partial charge in [0, 0.05) is 6.54 Å². The van der Waals surface area contributed by atoms with Gasteiger partial charge in [-0.15, -0.1) is 0 Å². The lowest BCUT2D eigenvalue weighted by Gasteiger charge is -2.02. The van der Waals surface area contributed by atoms with Gasteiger partial charge in [-0.1, -0.05) is 0 Å². The van der Waals surface area contributed by atoms with E-state index in [9.17, 15) is 4.79 Å². The van der Waals surface area contributed by atoms with Crippen LogP contribution in [0.15, 0.2) is 12.4 Å². The molecule has 0 saturated carbocycles. The predicted molar refractivity (Wildman–Crippen MR) is 47.8 cm³/mol. The van der Waals surface area contributed by atoms with Crippen molar-refractivity contribution in [2.45, 2.75) is 6.92 Å². The first-order valence-electron chi connectivity index (χ1n) is 3.84. The minimum atomic E-state index is -0.257. The smallest absolute Gasteiger partial charge is 0.271 e. The summed E-state index contributed by atoms with van der Waals surface area (Å²) in [7, 11) is 0. The van der Waals surface area contributed by atoms with Gasteiger partial charge in [0.1, 0.15) is 5.69 Å². The van der Waals surface area contributed by atoms with Crippen molar-refractivity contribution >= 4 is 11.7 Å². The number of nitrogens with one attached hydrogen (secondary N) is 2. The Kier molecular flexibility index (Phi) is 3.15. The van der Waals surface area contributed by atoms with Crippen LogP contribution in [0.5, 0.6) is 0 Å². The fourth-order valence-electron chi connectivity index (χ4n) is 0.796. The van der Waals surface area contributed by atoms with Gasteiger partial charge in [-0.05, 0) is 6.92 Å². The summed E-state index contributed by atoms with van der Waals surface area (Å²) in [5, 5.41) is 2.60. The zero-order valence-electron chi connectivity index (χ0n) is 7.24. The van der Waals surface area contributed by atoms with Crippen LogP contribution >= 0.6 is 0 Å². The van der Waals surface area contributed by atoms with Crippen molar-refractivity contribution in [1.29, 1.82) is 0 Å². The van der Waals surface area contributed by atoms with Gasteiger partial charge in [0.15, 0.2) is 5.82 Å². The van der Waals surface area contributed by atoms with Gasteiger partial charge in [0.2, 0.25) is 0 Å². The number of nitrogens with two attached hydrogens (primary N) is 1. The molecule has 0 radical (unpaired) electrons. The summed E-state index contributed by atoms with van der Waals surface area (Å²) in [6, 6.07) is 0. The molecule has 1 heterocycles. The van der Waals surface area contributed by atoms with E-state index in [1.54, 1.807) is 0 Å². The fourth-order valence-corrected chi connectivity index (χ4v) is 0.796. The van der Waals surface area contributed by atoms with Gasteiger partial charge in [-0.25, -0.2) is 10.8 Å². The fraction of sp³-hybridized carbons (Fsp3) is 0.286. The monoisotopic (exact) mass is 181 g/mol. The average molecular weight is 181 g/mol. The van der Waals surface area contributed by atoms with Gasteiger partial charge < -0.3 is 10.7 Å². The average Bonchev–Trinajstić information content (AvgIpc) is 2.18. The molecule has 0 atom stereocenters. The van der Waals surface area contributed by atoms with Crippen molar-refractivity contribution in [3.8, 4) is 0 Å². The second-order valence-electron chi connectivity index (χ2n) is 2.29. The van der Waals surface area contributed by atoms with Crippen LogP contribution in [0.1, 0.15) is 17.4 Å². The third-order valence-electron chi connectivity index (χ3n) is 1.35. The number of amides is 1. The molecule has 0 aliphatic rings. The van der Waals surface area contributed by atoms with Crippen molar-refractivity contribution in [2.24, 2.45) is 5.84 Å². The molecule has 6 nitrogen and oxygen atoms in total. The van der Waals surface area contributed by atoms with Crippen LogP contribution in [0.3, 0.4) is 0 Å². The van der Waals surface area contributed by atoms with E-state index in [0.29, 0.717) is 12.4 Å². The second-order valence-corrected chi connectivity index (χ2v) is 2.29. The largest absolute Gasteiger partial charge is 0.351 e. The van der Waals surface area contributed by atoms with Crippen LogP contribution in [0.4, 0.5) is 5.82 Å². The molecule has 1 amide bonds. The van der Waals surface area contributed by atoms with Crippen LogP contribution in [0, 0.1) is 0 Å². The number of hydrogen-bond donors (Lipinski definition) is 3. The Bertz CT molecular complexity index is 301. The molecular formula is C7H11N5O. The molecular weight excluding hydrogens is 170 g/mol. The maximum absolute atomic E-state index is 11.2. The molecule has 0 saturated heterocycles. The molecule has 0 unspecified atom stereocenters. The SMILES string of the molecule is CCNC(=O)c1cncc(NN)n1. The van der Waals surface area contributed by atoms with Gasteiger partial charge >= 0.3 is 0 Å². The van der Waals surface area contributed by atoms with Crippen molar-refractivity contribution in [2.75, 3.05) is 12.0 Å². The number of carbonyl (C=O) groups is 1. The van der Waals surface area contributed by atoms with Crippen molar-refractivity contribution in [3.05, 3.63) is 18.1 Å². The van der Waals surface area contributed by atoms with Gasteiger partial charge in [0.25, 0.3) is 5.91 Å². The topological polar surface area (TPSA) is 92.9 Å². The number of nitrogens with zero attached hydrogens (tertiary/aromatic N) is 2. The third kappa shape index (κ3) is 2.38. The Labute approximate surface area is 75.5 Å². The lowest BCUT2D eigenvalue weighted by atomic mass is 10.4.